The van der Waals surface area contributed by atoms with Crippen molar-refractivity contribution in [3.8, 4) is 5.75 Å². The number of likely N-dealkylation sites (N-methyl/N-ethyl adjacent to an activating group) is 1. The minimum Gasteiger partial charge on any atom is -0.489 e. The largest absolute Gasteiger partial charge is 0.489 e. The lowest BCUT2D eigenvalue weighted by Crippen LogP contribution is -2.27. The summed E-state index contributed by atoms with van der Waals surface area (Å²) in [6, 6.07) is 5.68. The minimum absolute atomic E-state index is 0.0922. The zero-order valence-corrected chi connectivity index (χ0v) is 11.0. The van der Waals surface area contributed by atoms with Crippen LogP contribution in [0.4, 0.5) is 11.4 Å². The minimum atomic E-state index is -0.394. The molecule has 0 aliphatic carbocycles. The van der Waals surface area contributed by atoms with Crippen LogP contribution in [0.5, 0.6) is 5.75 Å². The topological polar surface area (TPSA) is 58.7 Å². The number of para-hydroxylation sites is 1. The van der Waals surface area contributed by atoms with Crippen LogP contribution >= 0.6 is 0 Å². The van der Waals surface area contributed by atoms with Gasteiger partial charge >= 0.3 is 0 Å². The summed E-state index contributed by atoms with van der Waals surface area (Å²) in [6.45, 7) is 6.22. The number of benzene rings is 1. The third-order valence-corrected chi connectivity index (χ3v) is 2.36. The molecular formula is C13H22N2O2. The predicted octanol–water partition coefficient (Wildman–Crippen LogP) is 1.87. The monoisotopic (exact) mass is 238 g/mol. The first kappa shape index (κ1) is 13.6. The molecule has 0 saturated carbocycles. The molecule has 0 amide bonds. The Morgan fingerprint density at radius 3 is 2.53 bits per heavy atom. The van der Waals surface area contributed by atoms with Gasteiger partial charge in [-0.2, -0.15) is 0 Å². The van der Waals surface area contributed by atoms with Gasteiger partial charge in [0.15, 0.2) is 0 Å². The molecule has 17 heavy (non-hydrogen) atoms. The number of aliphatic hydroxyl groups is 1. The molecule has 0 aliphatic heterocycles. The Bertz CT molecular complexity index is 364. The van der Waals surface area contributed by atoms with E-state index in [1.54, 1.807) is 6.92 Å². The van der Waals surface area contributed by atoms with E-state index < -0.39 is 6.10 Å². The van der Waals surface area contributed by atoms with Gasteiger partial charge in [0.2, 0.25) is 0 Å². The first-order chi connectivity index (χ1) is 7.91. The third kappa shape index (κ3) is 3.82. The van der Waals surface area contributed by atoms with Gasteiger partial charge in [0.1, 0.15) is 5.75 Å². The number of hydrogen-bond donors (Lipinski definition) is 2. The second-order valence-corrected chi connectivity index (χ2v) is 4.59. The van der Waals surface area contributed by atoms with E-state index in [0.29, 0.717) is 18.0 Å². The standard InChI is InChI=1S/C13H22N2O2/c1-9(2)17-12-7-5-6-11(13(12)14)15(4)8-10(3)16/h5-7,9-10,16H,8,14H2,1-4H3. The van der Waals surface area contributed by atoms with Crippen LogP contribution < -0.4 is 15.4 Å². The number of nitrogens with zero attached hydrogens (tertiary/aromatic N) is 1. The van der Waals surface area contributed by atoms with Crippen LogP contribution in [0.15, 0.2) is 18.2 Å². The molecule has 1 aromatic carbocycles. The van der Waals surface area contributed by atoms with Crippen LogP contribution in [0.25, 0.3) is 0 Å². The fourth-order valence-corrected chi connectivity index (χ4v) is 1.72. The van der Waals surface area contributed by atoms with E-state index in [0.717, 1.165) is 5.69 Å². The summed E-state index contributed by atoms with van der Waals surface area (Å²) >= 11 is 0. The van der Waals surface area contributed by atoms with Crippen molar-refractivity contribution in [2.24, 2.45) is 0 Å². The van der Waals surface area contributed by atoms with Crippen LogP contribution in [-0.4, -0.2) is 30.9 Å². The summed E-state index contributed by atoms with van der Waals surface area (Å²) in [7, 11) is 1.90. The van der Waals surface area contributed by atoms with E-state index in [9.17, 15) is 5.11 Å². The summed E-state index contributed by atoms with van der Waals surface area (Å²) < 4.78 is 5.63. The fraction of sp³-hybridized carbons (Fsp3) is 0.538. The molecule has 0 aliphatic rings. The highest BCUT2D eigenvalue weighted by molar-refractivity contribution is 5.73. The normalized spacial score (nSPS) is 12.6. The molecule has 1 atom stereocenters. The van der Waals surface area contributed by atoms with E-state index in [-0.39, 0.29) is 6.10 Å². The van der Waals surface area contributed by atoms with Gasteiger partial charge in [0.05, 0.1) is 23.6 Å². The van der Waals surface area contributed by atoms with Gasteiger partial charge in [-0.1, -0.05) is 6.07 Å². The molecule has 1 rings (SSSR count). The number of ether oxygens (including phenoxy) is 1. The predicted molar refractivity (Wildman–Crippen MR) is 71.6 cm³/mol. The number of anilines is 2. The summed E-state index contributed by atoms with van der Waals surface area (Å²) in [4.78, 5) is 1.92. The summed E-state index contributed by atoms with van der Waals surface area (Å²) in [5, 5.41) is 9.38. The maximum atomic E-state index is 9.38. The molecule has 1 unspecified atom stereocenters. The van der Waals surface area contributed by atoms with E-state index >= 15 is 0 Å². The quantitative estimate of drug-likeness (QED) is 0.769. The lowest BCUT2D eigenvalue weighted by atomic mass is 10.2. The number of aliphatic hydroxyl groups excluding tert-OH is 1. The Morgan fingerprint density at radius 1 is 1.35 bits per heavy atom. The molecule has 0 radical (unpaired) electrons. The zero-order chi connectivity index (χ0) is 13.0. The van der Waals surface area contributed by atoms with Crippen LogP contribution in [0.1, 0.15) is 20.8 Å². The van der Waals surface area contributed by atoms with Crippen molar-refractivity contribution in [1.29, 1.82) is 0 Å². The maximum Gasteiger partial charge on any atom is 0.144 e. The van der Waals surface area contributed by atoms with Gasteiger partial charge in [-0.25, -0.2) is 0 Å². The van der Waals surface area contributed by atoms with Gasteiger partial charge in [0.25, 0.3) is 0 Å². The first-order valence-corrected chi connectivity index (χ1v) is 5.86. The van der Waals surface area contributed by atoms with Crippen LogP contribution in [0, 0.1) is 0 Å². The van der Waals surface area contributed by atoms with Gasteiger partial charge in [-0.3, -0.25) is 0 Å². The molecule has 0 spiro atoms. The van der Waals surface area contributed by atoms with E-state index in [2.05, 4.69) is 0 Å². The van der Waals surface area contributed by atoms with Crippen molar-refractivity contribution >= 4 is 11.4 Å². The Balaban J connectivity index is 2.93. The van der Waals surface area contributed by atoms with Crippen LogP contribution in [-0.2, 0) is 0 Å². The van der Waals surface area contributed by atoms with Gasteiger partial charge in [-0.05, 0) is 32.9 Å². The SMILES string of the molecule is CC(O)CN(C)c1cccc(OC(C)C)c1N. The lowest BCUT2D eigenvalue weighted by molar-refractivity contribution is 0.201. The first-order valence-electron chi connectivity index (χ1n) is 5.86. The highest BCUT2D eigenvalue weighted by Crippen LogP contribution is 2.32. The highest BCUT2D eigenvalue weighted by atomic mass is 16.5. The average Bonchev–Trinajstić information content (AvgIpc) is 2.19. The molecule has 3 N–H and O–H groups in total. The molecular weight excluding hydrogens is 216 g/mol. The van der Waals surface area contributed by atoms with Gasteiger partial charge in [-0.15, -0.1) is 0 Å². The number of nitrogens with two attached hydrogens (primary N) is 1. The van der Waals surface area contributed by atoms with Crippen LogP contribution in [0.2, 0.25) is 0 Å². The Hall–Kier alpha value is -1.42. The Kier molecular flexibility index (Phi) is 4.63. The molecule has 4 nitrogen and oxygen atoms in total. The van der Waals surface area contributed by atoms with E-state index in [1.165, 1.54) is 0 Å². The van der Waals surface area contributed by atoms with E-state index in [1.807, 2.05) is 44.0 Å². The van der Waals surface area contributed by atoms with Crippen molar-refractivity contribution in [1.82, 2.24) is 0 Å². The van der Waals surface area contributed by atoms with Crippen molar-refractivity contribution in [3.63, 3.8) is 0 Å². The van der Waals surface area contributed by atoms with Gasteiger partial charge < -0.3 is 20.5 Å². The highest BCUT2D eigenvalue weighted by Gasteiger charge is 2.12. The molecule has 1 aromatic rings. The third-order valence-electron chi connectivity index (χ3n) is 2.36. The summed E-state index contributed by atoms with van der Waals surface area (Å²) in [6.07, 6.45) is -0.302. The van der Waals surface area contributed by atoms with Crippen molar-refractivity contribution < 1.29 is 9.84 Å². The smallest absolute Gasteiger partial charge is 0.144 e. The molecule has 0 heterocycles. The second kappa shape index (κ2) is 5.77. The fourth-order valence-electron chi connectivity index (χ4n) is 1.72. The van der Waals surface area contributed by atoms with Gasteiger partial charge in [0, 0.05) is 13.6 Å². The Morgan fingerprint density at radius 2 is 2.00 bits per heavy atom. The van der Waals surface area contributed by atoms with Crippen LogP contribution in [0.3, 0.4) is 0 Å². The molecule has 96 valence electrons. The molecule has 0 saturated heterocycles. The molecule has 0 aromatic heterocycles. The molecule has 0 bridgehead atoms. The van der Waals surface area contributed by atoms with Crippen molar-refractivity contribution in [2.45, 2.75) is 33.0 Å². The molecule has 0 fully saturated rings. The average molecular weight is 238 g/mol. The summed E-state index contributed by atoms with van der Waals surface area (Å²) in [5.74, 6) is 0.690. The molecule has 4 heteroatoms. The number of nitrogen functional groups attached to an aromatic ring is 1. The number of rotatable bonds is 5. The second-order valence-electron chi connectivity index (χ2n) is 4.59. The van der Waals surface area contributed by atoms with Crippen molar-refractivity contribution in [2.75, 3.05) is 24.2 Å². The van der Waals surface area contributed by atoms with E-state index in [4.69, 9.17) is 10.5 Å². The maximum absolute atomic E-state index is 9.38. The number of hydrogen-bond acceptors (Lipinski definition) is 4. The summed E-state index contributed by atoms with van der Waals surface area (Å²) in [5.41, 5.74) is 7.55. The zero-order valence-electron chi connectivity index (χ0n) is 11.0. The lowest BCUT2D eigenvalue weighted by Gasteiger charge is -2.24. The van der Waals surface area contributed by atoms with Crippen molar-refractivity contribution in [3.05, 3.63) is 18.2 Å². The Labute approximate surface area is 103 Å².